The van der Waals surface area contributed by atoms with Crippen LogP contribution in [0.15, 0.2) is 60.7 Å². The third kappa shape index (κ3) is 13.1. The van der Waals surface area contributed by atoms with Gasteiger partial charge in [0, 0.05) is 17.1 Å². The first-order valence-electron chi connectivity index (χ1n) is 5.14. The molecule has 8 nitrogen and oxygen atoms in total. The van der Waals surface area contributed by atoms with Crippen molar-refractivity contribution in [3.63, 3.8) is 0 Å². The first-order chi connectivity index (χ1) is 8.61. The van der Waals surface area contributed by atoms with Crippen LogP contribution >= 0.6 is 0 Å². The van der Waals surface area contributed by atoms with Gasteiger partial charge in [0.05, 0.1) is 11.9 Å². The Bertz CT molecular complexity index is 469. The van der Waals surface area contributed by atoms with Crippen LogP contribution in [0.3, 0.4) is 0 Å². The molecule has 131 valence electrons. The predicted molar refractivity (Wildman–Crippen MR) is 76.0 cm³/mol. The maximum Gasteiger partial charge on any atom is 0.0715 e. The van der Waals surface area contributed by atoms with Gasteiger partial charge >= 0.3 is 0 Å². The number of carboxylic acid groups (broad SMARTS) is 2. The van der Waals surface area contributed by atoms with Crippen molar-refractivity contribution in [1.82, 2.24) is 0 Å². The zero-order valence-electron chi connectivity index (χ0n) is 11.8. The van der Waals surface area contributed by atoms with Crippen LogP contribution in [-0.4, -0.2) is 33.8 Å². The monoisotopic (exact) mass is 369 g/mol. The summed E-state index contributed by atoms with van der Waals surface area (Å²) in [5.41, 5.74) is 0.440. The molecule has 2 aromatic carbocycles. The van der Waals surface area contributed by atoms with Crippen LogP contribution in [0.1, 0.15) is 20.7 Å². The van der Waals surface area contributed by atoms with Gasteiger partial charge in [0.2, 0.25) is 0 Å². The SMILES string of the molecule is O.O.O.O.O=C([O-])c1ccccc1.O=C([O-])c1ccccc1.[Mn]. The molecule has 0 amide bonds. The molecular weight excluding hydrogens is 351 g/mol. The molecule has 0 aliphatic heterocycles. The van der Waals surface area contributed by atoms with Gasteiger partial charge in [-0.05, 0) is 11.1 Å². The third-order valence-electron chi connectivity index (χ3n) is 2.02. The molecular formula is C14H18MnO8-2. The Morgan fingerprint density at radius 1 is 0.565 bits per heavy atom. The summed E-state index contributed by atoms with van der Waals surface area (Å²) in [4.78, 5) is 20.2. The smallest absolute Gasteiger partial charge is 0.0715 e. The Kier molecular flexibility index (Phi) is 25.2. The molecule has 0 aliphatic carbocycles. The molecule has 0 unspecified atom stereocenters. The number of benzene rings is 2. The fourth-order valence-corrected chi connectivity index (χ4v) is 1.15. The molecule has 0 heterocycles. The van der Waals surface area contributed by atoms with Gasteiger partial charge in [0.25, 0.3) is 0 Å². The fraction of sp³-hybridized carbons (Fsp3) is 0. The van der Waals surface area contributed by atoms with Crippen molar-refractivity contribution in [2.45, 2.75) is 0 Å². The summed E-state index contributed by atoms with van der Waals surface area (Å²) in [5.74, 6) is -2.26. The van der Waals surface area contributed by atoms with Crippen molar-refractivity contribution in [1.29, 1.82) is 0 Å². The van der Waals surface area contributed by atoms with E-state index in [9.17, 15) is 19.8 Å². The summed E-state index contributed by atoms with van der Waals surface area (Å²) in [5, 5.41) is 20.2. The van der Waals surface area contributed by atoms with Gasteiger partial charge in [-0.1, -0.05) is 60.7 Å². The molecule has 1 radical (unpaired) electrons. The average Bonchev–Trinajstić information content (AvgIpc) is 2.41. The summed E-state index contributed by atoms with van der Waals surface area (Å²) < 4.78 is 0. The number of hydrogen-bond donors (Lipinski definition) is 0. The van der Waals surface area contributed by atoms with Gasteiger partial charge in [-0.3, -0.25) is 0 Å². The van der Waals surface area contributed by atoms with E-state index < -0.39 is 11.9 Å². The first kappa shape index (κ1) is 32.6. The van der Waals surface area contributed by atoms with E-state index in [-0.39, 0.29) is 50.1 Å². The van der Waals surface area contributed by atoms with Crippen molar-refractivity contribution in [3.05, 3.63) is 71.8 Å². The van der Waals surface area contributed by atoms with Gasteiger partial charge in [-0.25, -0.2) is 0 Å². The summed E-state index contributed by atoms with van der Waals surface area (Å²) in [6.07, 6.45) is 0. The summed E-state index contributed by atoms with van der Waals surface area (Å²) in [6, 6.07) is 16.1. The molecule has 2 aromatic rings. The molecule has 0 saturated heterocycles. The zero-order valence-corrected chi connectivity index (χ0v) is 13.0. The standard InChI is InChI=1S/2C7H6O2.Mn.4H2O/c2*8-7(9)6-4-2-1-3-5-6;;;;;/h2*1-5H,(H,8,9);;4*1H2/p-2. The minimum atomic E-state index is -1.13. The van der Waals surface area contributed by atoms with Crippen LogP contribution in [0, 0.1) is 0 Å². The van der Waals surface area contributed by atoms with Crippen LogP contribution < -0.4 is 10.2 Å². The molecule has 0 bridgehead atoms. The number of carbonyl (C=O) groups is 2. The van der Waals surface area contributed by atoms with E-state index in [2.05, 4.69) is 0 Å². The Hall–Kier alpha value is -2.26. The van der Waals surface area contributed by atoms with Crippen LogP contribution in [0.5, 0.6) is 0 Å². The van der Waals surface area contributed by atoms with E-state index in [1.807, 2.05) is 0 Å². The molecule has 23 heavy (non-hydrogen) atoms. The first-order valence-corrected chi connectivity index (χ1v) is 5.14. The van der Waals surface area contributed by atoms with Gasteiger partial charge in [0.1, 0.15) is 0 Å². The summed E-state index contributed by atoms with van der Waals surface area (Å²) in [6.45, 7) is 0. The number of aromatic carboxylic acids is 2. The van der Waals surface area contributed by atoms with Crippen molar-refractivity contribution in [2.24, 2.45) is 0 Å². The molecule has 0 fully saturated rings. The van der Waals surface area contributed by atoms with Crippen LogP contribution in [0.2, 0.25) is 0 Å². The van der Waals surface area contributed by atoms with Crippen molar-refractivity contribution < 1.29 is 58.8 Å². The van der Waals surface area contributed by atoms with Gasteiger partial charge in [-0.2, -0.15) is 0 Å². The number of rotatable bonds is 2. The molecule has 0 aromatic heterocycles. The van der Waals surface area contributed by atoms with Gasteiger partial charge in [0.15, 0.2) is 0 Å². The van der Waals surface area contributed by atoms with E-state index in [1.54, 1.807) is 36.4 Å². The predicted octanol–water partition coefficient (Wildman–Crippen LogP) is -3.20. The van der Waals surface area contributed by atoms with E-state index >= 15 is 0 Å². The van der Waals surface area contributed by atoms with E-state index in [0.717, 1.165) is 0 Å². The van der Waals surface area contributed by atoms with E-state index in [0.29, 0.717) is 0 Å². The maximum atomic E-state index is 10.1. The Balaban J connectivity index is -0.0000000771. The Morgan fingerprint density at radius 3 is 0.913 bits per heavy atom. The Labute approximate surface area is 143 Å². The second-order valence-corrected chi connectivity index (χ2v) is 3.31. The topological polar surface area (TPSA) is 206 Å². The van der Waals surface area contributed by atoms with Crippen LogP contribution in [0.4, 0.5) is 0 Å². The van der Waals surface area contributed by atoms with Crippen molar-refractivity contribution in [2.75, 3.05) is 0 Å². The quantitative estimate of drug-likeness (QED) is 0.501. The molecule has 0 aliphatic rings. The number of carboxylic acids is 2. The van der Waals surface area contributed by atoms with E-state index in [4.69, 9.17) is 0 Å². The Morgan fingerprint density at radius 2 is 0.783 bits per heavy atom. The summed E-state index contributed by atoms with van der Waals surface area (Å²) >= 11 is 0. The molecule has 9 heteroatoms. The molecule has 0 saturated carbocycles. The average molecular weight is 369 g/mol. The number of carbonyl (C=O) groups excluding carboxylic acids is 2. The second-order valence-electron chi connectivity index (χ2n) is 3.31. The molecule has 8 N–H and O–H groups in total. The summed E-state index contributed by atoms with van der Waals surface area (Å²) in [7, 11) is 0. The van der Waals surface area contributed by atoms with Crippen molar-refractivity contribution >= 4 is 11.9 Å². The maximum absolute atomic E-state index is 10.1. The number of hydrogen-bond acceptors (Lipinski definition) is 4. The minimum absolute atomic E-state index is 0. The normalized spacial score (nSPS) is 6.96. The van der Waals surface area contributed by atoms with E-state index in [1.165, 1.54) is 24.3 Å². The minimum Gasteiger partial charge on any atom is -0.545 e. The second kappa shape index (κ2) is 17.8. The molecule has 0 atom stereocenters. The van der Waals surface area contributed by atoms with Gasteiger partial charge < -0.3 is 41.7 Å². The van der Waals surface area contributed by atoms with Crippen molar-refractivity contribution in [3.8, 4) is 0 Å². The zero-order chi connectivity index (χ0) is 13.4. The fourth-order valence-electron chi connectivity index (χ4n) is 1.15. The molecule has 2 rings (SSSR count). The third-order valence-corrected chi connectivity index (χ3v) is 2.02. The molecule has 0 spiro atoms. The largest absolute Gasteiger partial charge is 0.545 e. The van der Waals surface area contributed by atoms with Gasteiger partial charge in [-0.15, -0.1) is 0 Å². The van der Waals surface area contributed by atoms with Crippen LogP contribution in [0.25, 0.3) is 0 Å². The van der Waals surface area contributed by atoms with Crippen LogP contribution in [-0.2, 0) is 17.1 Å².